The van der Waals surface area contributed by atoms with Gasteiger partial charge in [0, 0.05) is 31.7 Å². The maximum Gasteiger partial charge on any atom is 0.225 e. The third-order valence-corrected chi connectivity index (χ3v) is 4.95. The first kappa shape index (κ1) is 17.5. The van der Waals surface area contributed by atoms with Crippen molar-refractivity contribution in [1.82, 2.24) is 14.9 Å². The van der Waals surface area contributed by atoms with Gasteiger partial charge >= 0.3 is 0 Å². The number of rotatable bonds is 6. The van der Waals surface area contributed by atoms with Crippen LogP contribution in [0.4, 0.5) is 10.3 Å². The molecule has 2 atom stereocenters. The van der Waals surface area contributed by atoms with Gasteiger partial charge in [0.1, 0.15) is 0 Å². The normalized spacial score (nSPS) is 27.3. The average molecular weight is 338 g/mol. The van der Waals surface area contributed by atoms with Crippen LogP contribution in [0, 0.1) is 11.2 Å². The fourth-order valence-electron chi connectivity index (χ4n) is 3.66. The molecule has 7 heteroatoms. The van der Waals surface area contributed by atoms with Crippen LogP contribution in [0.3, 0.4) is 0 Å². The fourth-order valence-corrected chi connectivity index (χ4v) is 3.66. The van der Waals surface area contributed by atoms with Crippen molar-refractivity contribution in [1.29, 1.82) is 0 Å². The van der Waals surface area contributed by atoms with Crippen molar-refractivity contribution in [3.05, 3.63) is 18.2 Å². The summed E-state index contributed by atoms with van der Waals surface area (Å²) in [4.78, 5) is 12.5. The molecule has 24 heavy (non-hydrogen) atoms. The summed E-state index contributed by atoms with van der Waals surface area (Å²) in [5.41, 5.74) is -0.0272. The summed E-state index contributed by atoms with van der Waals surface area (Å²) in [7, 11) is 4.09. The monoisotopic (exact) mass is 338 g/mol. The van der Waals surface area contributed by atoms with Crippen LogP contribution in [-0.4, -0.2) is 74.5 Å². The molecule has 2 aliphatic rings. The minimum Gasteiger partial charge on any atom is -0.379 e. The summed E-state index contributed by atoms with van der Waals surface area (Å²) in [6, 6.07) is 0. The van der Waals surface area contributed by atoms with Crippen LogP contribution in [0.15, 0.2) is 12.4 Å². The molecule has 3 rings (SSSR count). The Labute approximate surface area is 143 Å². The summed E-state index contributed by atoms with van der Waals surface area (Å²) in [5, 5.41) is 0. The molecule has 0 saturated carbocycles. The molecule has 0 aromatic carbocycles. The van der Waals surface area contributed by atoms with E-state index in [1.165, 1.54) is 12.4 Å². The molecule has 0 N–H and O–H groups in total. The van der Waals surface area contributed by atoms with Gasteiger partial charge in [0.25, 0.3) is 0 Å². The van der Waals surface area contributed by atoms with Crippen molar-refractivity contribution in [2.45, 2.75) is 25.4 Å². The maximum absolute atomic E-state index is 13.1. The van der Waals surface area contributed by atoms with Crippen LogP contribution < -0.4 is 4.90 Å². The number of nitrogens with zero attached hydrogens (tertiary/aromatic N) is 4. The molecule has 2 fully saturated rings. The number of hydrogen-bond donors (Lipinski definition) is 0. The number of piperidine rings is 1. The lowest BCUT2D eigenvalue weighted by molar-refractivity contribution is -0.125. The third kappa shape index (κ3) is 4.02. The van der Waals surface area contributed by atoms with E-state index in [9.17, 15) is 4.39 Å². The molecule has 0 spiro atoms. The molecular weight excluding hydrogens is 311 g/mol. The zero-order valence-corrected chi connectivity index (χ0v) is 14.6. The number of likely N-dealkylation sites (N-methyl/N-ethyl adjacent to an activating group) is 1. The zero-order valence-electron chi connectivity index (χ0n) is 14.6. The molecule has 1 aromatic rings. The van der Waals surface area contributed by atoms with Gasteiger partial charge in [-0.2, -0.15) is 0 Å². The zero-order chi connectivity index (χ0) is 17.0. The number of fused-ring (bicyclic) bond motifs is 1. The van der Waals surface area contributed by atoms with E-state index < -0.39 is 5.82 Å². The number of aromatic nitrogens is 2. The van der Waals surface area contributed by atoms with Crippen LogP contribution in [0.1, 0.15) is 19.3 Å². The summed E-state index contributed by atoms with van der Waals surface area (Å²) in [6.07, 6.45) is 5.74. The van der Waals surface area contributed by atoms with Crippen molar-refractivity contribution < 1.29 is 13.9 Å². The van der Waals surface area contributed by atoms with Gasteiger partial charge in [-0.3, -0.25) is 0 Å². The highest BCUT2D eigenvalue weighted by atomic mass is 19.1. The van der Waals surface area contributed by atoms with Gasteiger partial charge in [0.05, 0.1) is 31.7 Å². The standard InChI is InChI=1S/C17H27FN4O2/c1-21(2)7-9-23-13-17-5-3-8-24-15(17)4-6-22(12-17)16-19-10-14(18)11-20-16/h10-11,15H,3-9,12-13H2,1-2H3. The van der Waals surface area contributed by atoms with Crippen molar-refractivity contribution in [3.8, 4) is 0 Å². The van der Waals surface area contributed by atoms with Crippen LogP contribution in [-0.2, 0) is 9.47 Å². The molecule has 1 aromatic heterocycles. The Balaban J connectivity index is 1.68. The van der Waals surface area contributed by atoms with Crippen molar-refractivity contribution >= 4 is 5.95 Å². The summed E-state index contributed by atoms with van der Waals surface area (Å²) in [5.74, 6) is 0.185. The molecular formula is C17H27FN4O2. The molecule has 2 saturated heterocycles. The first-order valence-electron chi connectivity index (χ1n) is 8.66. The van der Waals surface area contributed by atoms with Gasteiger partial charge in [-0.1, -0.05) is 0 Å². The van der Waals surface area contributed by atoms with E-state index in [0.717, 1.165) is 45.5 Å². The van der Waals surface area contributed by atoms with Gasteiger partial charge in [-0.15, -0.1) is 0 Å². The number of ether oxygens (including phenoxy) is 2. The highest BCUT2D eigenvalue weighted by Gasteiger charge is 2.46. The van der Waals surface area contributed by atoms with E-state index in [1.807, 2.05) is 14.1 Å². The molecule has 6 nitrogen and oxygen atoms in total. The lowest BCUT2D eigenvalue weighted by atomic mass is 9.73. The molecule has 0 bridgehead atoms. The summed E-state index contributed by atoms with van der Waals surface area (Å²) in [6.45, 7) is 4.77. The SMILES string of the molecule is CN(C)CCOCC12CCCOC1CCN(c1ncc(F)cn1)C2. The Hall–Kier alpha value is -1.31. The van der Waals surface area contributed by atoms with Crippen LogP contribution in [0.25, 0.3) is 0 Å². The van der Waals surface area contributed by atoms with Gasteiger partial charge in [0.2, 0.25) is 5.95 Å². The second-order valence-corrected chi connectivity index (χ2v) is 7.09. The maximum atomic E-state index is 13.1. The Morgan fingerprint density at radius 3 is 2.96 bits per heavy atom. The van der Waals surface area contributed by atoms with Gasteiger partial charge in [-0.05, 0) is 33.4 Å². The second kappa shape index (κ2) is 7.72. The number of anilines is 1. The van der Waals surface area contributed by atoms with E-state index >= 15 is 0 Å². The molecule has 0 radical (unpaired) electrons. The predicted molar refractivity (Wildman–Crippen MR) is 89.6 cm³/mol. The molecule has 2 aliphatic heterocycles. The van der Waals surface area contributed by atoms with Crippen molar-refractivity contribution in [3.63, 3.8) is 0 Å². The fraction of sp³-hybridized carbons (Fsp3) is 0.765. The highest BCUT2D eigenvalue weighted by molar-refractivity contribution is 5.31. The number of halogens is 1. The molecule has 0 aliphatic carbocycles. The Morgan fingerprint density at radius 2 is 2.21 bits per heavy atom. The Kier molecular flexibility index (Phi) is 5.63. The van der Waals surface area contributed by atoms with Gasteiger partial charge in [0.15, 0.2) is 5.82 Å². The predicted octanol–water partition coefficient (Wildman–Crippen LogP) is 1.57. The smallest absolute Gasteiger partial charge is 0.225 e. The van der Waals surface area contributed by atoms with E-state index in [0.29, 0.717) is 19.2 Å². The minimum atomic E-state index is -0.406. The molecule has 2 unspecified atom stereocenters. The first-order valence-corrected chi connectivity index (χ1v) is 8.66. The topological polar surface area (TPSA) is 50.7 Å². The lowest BCUT2D eigenvalue weighted by Gasteiger charge is -2.50. The highest BCUT2D eigenvalue weighted by Crippen LogP contribution is 2.41. The van der Waals surface area contributed by atoms with E-state index in [-0.39, 0.29) is 11.5 Å². The van der Waals surface area contributed by atoms with Crippen molar-refractivity contribution in [2.75, 3.05) is 58.5 Å². The Morgan fingerprint density at radius 1 is 1.42 bits per heavy atom. The number of hydrogen-bond acceptors (Lipinski definition) is 6. The average Bonchev–Trinajstić information content (AvgIpc) is 2.59. The van der Waals surface area contributed by atoms with Crippen LogP contribution in [0.5, 0.6) is 0 Å². The van der Waals surface area contributed by atoms with E-state index in [2.05, 4.69) is 19.8 Å². The van der Waals surface area contributed by atoms with E-state index in [1.54, 1.807) is 0 Å². The second-order valence-electron chi connectivity index (χ2n) is 7.09. The first-order chi connectivity index (χ1) is 11.6. The molecule has 0 amide bonds. The van der Waals surface area contributed by atoms with Gasteiger partial charge in [-0.25, -0.2) is 14.4 Å². The van der Waals surface area contributed by atoms with Crippen LogP contribution in [0.2, 0.25) is 0 Å². The molecule has 3 heterocycles. The minimum absolute atomic E-state index is 0.0272. The van der Waals surface area contributed by atoms with Crippen LogP contribution >= 0.6 is 0 Å². The molecule has 134 valence electrons. The lowest BCUT2D eigenvalue weighted by Crippen LogP contribution is -2.57. The quantitative estimate of drug-likeness (QED) is 0.734. The summed E-state index contributed by atoms with van der Waals surface area (Å²) < 4.78 is 25.1. The summed E-state index contributed by atoms with van der Waals surface area (Å²) >= 11 is 0. The van der Waals surface area contributed by atoms with Crippen molar-refractivity contribution in [2.24, 2.45) is 5.41 Å². The van der Waals surface area contributed by atoms with E-state index in [4.69, 9.17) is 9.47 Å². The van der Waals surface area contributed by atoms with Gasteiger partial charge < -0.3 is 19.3 Å². The third-order valence-electron chi connectivity index (χ3n) is 4.95. The Bertz CT molecular complexity index is 528. The largest absolute Gasteiger partial charge is 0.379 e.